The molecule has 0 radical (unpaired) electrons. The largest absolute Gasteiger partial charge is 0.482 e. The van der Waals surface area contributed by atoms with E-state index in [4.69, 9.17) is 4.74 Å². The summed E-state index contributed by atoms with van der Waals surface area (Å²) in [5.74, 6) is -0.957. The second-order valence-corrected chi connectivity index (χ2v) is 5.93. The van der Waals surface area contributed by atoms with Gasteiger partial charge in [-0.1, -0.05) is 24.3 Å². The molecule has 3 rings (SSSR count). The fraction of sp³-hybridized carbons (Fsp3) is 0.167. The lowest BCUT2D eigenvalue weighted by atomic mass is 10.1. The van der Waals surface area contributed by atoms with Gasteiger partial charge in [0.05, 0.1) is 17.0 Å². The summed E-state index contributed by atoms with van der Waals surface area (Å²) >= 11 is 0. The number of anilines is 1. The van der Waals surface area contributed by atoms with E-state index in [1.807, 2.05) is 0 Å². The van der Waals surface area contributed by atoms with Crippen LogP contribution in [0.4, 0.5) is 11.4 Å². The molecule has 10 heteroatoms. The zero-order chi connectivity index (χ0) is 20.1. The maximum absolute atomic E-state index is 12.1. The summed E-state index contributed by atoms with van der Waals surface area (Å²) in [6.07, 6.45) is -0.0718. The van der Waals surface area contributed by atoms with Crippen LogP contribution in [0.1, 0.15) is 5.56 Å². The highest BCUT2D eigenvalue weighted by atomic mass is 16.6. The summed E-state index contributed by atoms with van der Waals surface area (Å²) < 4.78 is 5.30. The zero-order valence-electron chi connectivity index (χ0n) is 14.6. The Morgan fingerprint density at radius 1 is 1.07 bits per heavy atom. The molecule has 3 amide bonds. The van der Waals surface area contributed by atoms with Crippen LogP contribution in [-0.4, -0.2) is 35.8 Å². The number of amides is 3. The highest BCUT2D eigenvalue weighted by Gasteiger charge is 2.27. The molecule has 1 aliphatic heterocycles. The standard InChI is InChI=1S/C18H16N4O6/c23-16(9-12-5-7-13(8-6-12)22(26)27)19-20-17(24)10-21-14-3-1-2-4-15(14)28-11-18(21)25/h1-8H,9-11H2,(H,19,23)(H,20,24). The molecule has 0 atom stereocenters. The molecule has 0 saturated carbocycles. The Bertz CT molecular complexity index is 928. The maximum Gasteiger partial charge on any atom is 0.269 e. The number of nitrogens with one attached hydrogen (secondary N) is 2. The fourth-order valence-corrected chi connectivity index (χ4v) is 2.61. The first-order chi connectivity index (χ1) is 13.4. The molecular formula is C18H16N4O6. The number of non-ortho nitro benzene ring substituents is 1. The minimum atomic E-state index is -0.581. The van der Waals surface area contributed by atoms with E-state index in [9.17, 15) is 24.5 Å². The first-order valence-corrected chi connectivity index (χ1v) is 8.27. The molecule has 0 saturated heterocycles. The third-order valence-electron chi connectivity index (χ3n) is 3.96. The van der Waals surface area contributed by atoms with Crippen LogP contribution in [0.5, 0.6) is 5.75 Å². The fourth-order valence-electron chi connectivity index (χ4n) is 2.61. The topological polar surface area (TPSA) is 131 Å². The number of fused-ring (bicyclic) bond motifs is 1. The van der Waals surface area contributed by atoms with Crippen LogP contribution >= 0.6 is 0 Å². The third-order valence-corrected chi connectivity index (χ3v) is 3.96. The molecule has 2 N–H and O–H groups in total. The molecule has 2 aromatic rings. The number of hydrazine groups is 1. The molecule has 0 spiro atoms. The number of carbonyl (C=O) groups is 3. The van der Waals surface area contributed by atoms with Crippen LogP contribution in [0, 0.1) is 10.1 Å². The Labute approximate surface area is 159 Å². The van der Waals surface area contributed by atoms with E-state index in [1.54, 1.807) is 24.3 Å². The maximum atomic E-state index is 12.1. The van der Waals surface area contributed by atoms with Gasteiger partial charge < -0.3 is 4.74 Å². The molecular weight excluding hydrogens is 368 g/mol. The van der Waals surface area contributed by atoms with Crippen molar-refractivity contribution in [3.8, 4) is 5.75 Å². The lowest BCUT2D eigenvalue weighted by Gasteiger charge is -2.28. The van der Waals surface area contributed by atoms with Gasteiger partial charge in [0.2, 0.25) is 5.91 Å². The Morgan fingerprint density at radius 2 is 1.75 bits per heavy atom. The number of hydrogen-bond donors (Lipinski definition) is 2. The summed E-state index contributed by atoms with van der Waals surface area (Å²) in [6, 6.07) is 12.3. The van der Waals surface area contributed by atoms with Crippen LogP contribution in [0.3, 0.4) is 0 Å². The Hall–Kier alpha value is -3.95. The van der Waals surface area contributed by atoms with Crippen molar-refractivity contribution in [2.24, 2.45) is 0 Å². The summed E-state index contributed by atoms with van der Waals surface area (Å²) in [4.78, 5) is 47.4. The lowest BCUT2D eigenvalue weighted by Crippen LogP contribution is -2.50. The molecule has 144 valence electrons. The van der Waals surface area contributed by atoms with Gasteiger partial charge in [0.1, 0.15) is 12.3 Å². The number of rotatable bonds is 5. The van der Waals surface area contributed by atoms with Crippen molar-refractivity contribution >= 4 is 29.1 Å². The van der Waals surface area contributed by atoms with Crippen molar-refractivity contribution in [2.45, 2.75) is 6.42 Å². The van der Waals surface area contributed by atoms with Gasteiger partial charge in [-0.2, -0.15) is 0 Å². The van der Waals surface area contributed by atoms with E-state index in [1.165, 1.54) is 29.2 Å². The monoisotopic (exact) mass is 384 g/mol. The van der Waals surface area contributed by atoms with Crippen molar-refractivity contribution in [1.82, 2.24) is 10.9 Å². The van der Waals surface area contributed by atoms with Gasteiger partial charge in [-0.05, 0) is 17.7 Å². The summed E-state index contributed by atoms with van der Waals surface area (Å²) in [5.41, 5.74) is 5.46. The van der Waals surface area contributed by atoms with Crippen LogP contribution in [-0.2, 0) is 20.8 Å². The number of carbonyl (C=O) groups excluding carboxylic acids is 3. The highest BCUT2D eigenvalue weighted by molar-refractivity contribution is 6.02. The quantitative estimate of drug-likeness (QED) is 0.577. The van der Waals surface area contributed by atoms with Crippen LogP contribution in [0.25, 0.3) is 0 Å². The Balaban J connectivity index is 1.52. The number of nitro benzene ring substituents is 1. The van der Waals surface area contributed by atoms with Gasteiger partial charge in [0.25, 0.3) is 17.5 Å². The molecule has 2 aromatic carbocycles. The van der Waals surface area contributed by atoms with E-state index in [0.717, 1.165) is 0 Å². The minimum absolute atomic E-state index is 0.0718. The summed E-state index contributed by atoms with van der Waals surface area (Å²) in [6.45, 7) is -0.451. The van der Waals surface area contributed by atoms with Crippen LogP contribution in [0.15, 0.2) is 48.5 Å². The number of nitro groups is 1. The van der Waals surface area contributed by atoms with E-state index in [-0.39, 0.29) is 31.2 Å². The van der Waals surface area contributed by atoms with Gasteiger partial charge in [-0.15, -0.1) is 0 Å². The number of para-hydroxylation sites is 2. The van der Waals surface area contributed by atoms with Gasteiger partial charge in [-0.3, -0.25) is 40.2 Å². The predicted octanol–water partition coefficient (Wildman–Crippen LogP) is 0.710. The van der Waals surface area contributed by atoms with Crippen LogP contribution in [0.2, 0.25) is 0 Å². The number of hydrogen-bond acceptors (Lipinski definition) is 6. The summed E-state index contributed by atoms with van der Waals surface area (Å²) in [5, 5.41) is 10.6. The van der Waals surface area contributed by atoms with Crippen molar-refractivity contribution in [2.75, 3.05) is 18.1 Å². The Morgan fingerprint density at radius 3 is 2.46 bits per heavy atom. The molecule has 28 heavy (non-hydrogen) atoms. The van der Waals surface area contributed by atoms with E-state index in [2.05, 4.69) is 10.9 Å². The average molecular weight is 384 g/mol. The molecule has 1 aliphatic rings. The zero-order valence-corrected chi connectivity index (χ0v) is 14.6. The lowest BCUT2D eigenvalue weighted by molar-refractivity contribution is -0.384. The third kappa shape index (κ3) is 4.41. The first kappa shape index (κ1) is 18.8. The van der Waals surface area contributed by atoms with Crippen molar-refractivity contribution in [3.05, 3.63) is 64.2 Å². The molecule has 0 aliphatic carbocycles. The molecule has 0 unspecified atom stereocenters. The number of nitrogens with zero attached hydrogens (tertiary/aromatic N) is 2. The first-order valence-electron chi connectivity index (χ1n) is 8.27. The minimum Gasteiger partial charge on any atom is -0.482 e. The average Bonchev–Trinajstić information content (AvgIpc) is 2.69. The second kappa shape index (κ2) is 8.16. The summed E-state index contributed by atoms with van der Waals surface area (Å²) in [7, 11) is 0. The van der Waals surface area contributed by atoms with Crippen molar-refractivity contribution in [3.63, 3.8) is 0 Å². The van der Waals surface area contributed by atoms with Gasteiger partial charge in [0.15, 0.2) is 6.61 Å². The number of benzene rings is 2. The van der Waals surface area contributed by atoms with E-state index >= 15 is 0 Å². The van der Waals surface area contributed by atoms with Crippen molar-refractivity contribution < 1.29 is 24.0 Å². The Kier molecular flexibility index (Phi) is 5.49. The van der Waals surface area contributed by atoms with E-state index in [0.29, 0.717) is 17.0 Å². The van der Waals surface area contributed by atoms with Gasteiger partial charge in [-0.25, -0.2) is 0 Å². The molecule has 1 heterocycles. The number of ether oxygens (including phenoxy) is 1. The SMILES string of the molecule is O=C(Cc1ccc([N+](=O)[O-])cc1)NNC(=O)CN1C(=O)COc2ccccc21. The molecule has 0 fully saturated rings. The highest BCUT2D eigenvalue weighted by Crippen LogP contribution is 2.31. The molecule has 10 nitrogen and oxygen atoms in total. The smallest absolute Gasteiger partial charge is 0.269 e. The second-order valence-electron chi connectivity index (χ2n) is 5.93. The normalized spacial score (nSPS) is 12.6. The van der Waals surface area contributed by atoms with Gasteiger partial charge in [0, 0.05) is 12.1 Å². The predicted molar refractivity (Wildman–Crippen MR) is 97.4 cm³/mol. The van der Waals surface area contributed by atoms with Gasteiger partial charge >= 0.3 is 0 Å². The van der Waals surface area contributed by atoms with E-state index < -0.39 is 16.7 Å². The van der Waals surface area contributed by atoms with Crippen molar-refractivity contribution in [1.29, 1.82) is 0 Å². The molecule has 0 aromatic heterocycles. The molecule has 0 bridgehead atoms. The van der Waals surface area contributed by atoms with Crippen LogP contribution < -0.4 is 20.5 Å².